The minimum atomic E-state index is -0.543. The number of hydrogen-bond donors (Lipinski definition) is 5. The molecule has 1 aliphatic rings. The van der Waals surface area contributed by atoms with E-state index in [1.54, 1.807) is 25.1 Å². The summed E-state index contributed by atoms with van der Waals surface area (Å²) >= 11 is 0. The van der Waals surface area contributed by atoms with Crippen LogP contribution in [0.4, 0.5) is 5.69 Å². The van der Waals surface area contributed by atoms with E-state index in [0.717, 1.165) is 53.5 Å². The van der Waals surface area contributed by atoms with Crippen LogP contribution < -0.4 is 16.4 Å². The molecule has 1 heterocycles. The quantitative estimate of drug-likeness (QED) is 0.143. The number of nitrogens with one attached hydrogen (secondary N) is 3. The van der Waals surface area contributed by atoms with Gasteiger partial charge in [0, 0.05) is 41.1 Å². The van der Waals surface area contributed by atoms with Crippen LogP contribution in [0.15, 0.2) is 66.7 Å². The molecule has 1 saturated carbocycles. The van der Waals surface area contributed by atoms with Crippen molar-refractivity contribution in [3.63, 3.8) is 0 Å². The minimum Gasteiger partial charge on any atom is -0.394 e. The number of H-pyrrole nitrogens is 1. The van der Waals surface area contributed by atoms with Crippen LogP contribution in [0.25, 0.3) is 22.5 Å². The number of anilines is 1. The lowest BCUT2D eigenvalue weighted by molar-refractivity contribution is -0.129. The van der Waals surface area contributed by atoms with Crippen LogP contribution in [0, 0.1) is 24.7 Å². The molecule has 0 spiro atoms. The number of benzene rings is 3. The Morgan fingerprint density at radius 1 is 0.979 bits per heavy atom. The average molecular weight is 638 g/mol. The van der Waals surface area contributed by atoms with Crippen LogP contribution in [0.5, 0.6) is 0 Å². The molecule has 11 nitrogen and oxygen atoms in total. The number of aliphatic hydroxyl groups is 1. The van der Waals surface area contributed by atoms with E-state index in [4.69, 9.17) is 5.73 Å². The second kappa shape index (κ2) is 15.7. The van der Waals surface area contributed by atoms with Crippen molar-refractivity contribution >= 4 is 23.3 Å². The van der Waals surface area contributed by atoms with Crippen LogP contribution in [0.1, 0.15) is 60.5 Å². The Bertz CT molecular complexity index is 1650. The molecule has 6 N–H and O–H groups in total. The summed E-state index contributed by atoms with van der Waals surface area (Å²) in [5, 5.41) is 29.0. The number of aliphatic hydroxyl groups excluding tert-OH is 1. The first-order valence-electron chi connectivity index (χ1n) is 16.2. The van der Waals surface area contributed by atoms with Crippen molar-refractivity contribution in [2.24, 2.45) is 23.5 Å². The lowest BCUT2D eigenvalue weighted by atomic mass is 9.77. The smallest absolute Gasteiger partial charge is 0.251 e. The maximum absolute atomic E-state index is 13.7. The Labute approximate surface area is 274 Å². The number of amides is 2. The summed E-state index contributed by atoms with van der Waals surface area (Å²) in [7, 11) is 0. The van der Waals surface area contributed by atoms with Crippen molar-refractivity contribution in [2.45, 2.75) is 58.4 Å². The summed E-state index contributed by atoms with van der Waals surface area (Å²) in [5.74, 6) is 0.0552. The molecular formula is C36H43N7O4. The van der Waals surface area contributed by atoms with Gasteiger partial charge < -0.3 is 21.5 Å². The molecule has 0 radical (unpaired) electrons. The van der Waals surface area contributed by atoms with E-state index in [2.05, 4.69) is 31.3 Å². The standard InChI is InChI=1S/C36H43N7O4/c1-22-17-29(35(46)38-23(2)21-44)13-16-32(22)26-7-3-24(4-8-26)18-30(19-33(45)27-9-5-25(20-37)6-10-27)36(47)39-31-14-11-28(12-15-31)34-40-42-43-41-34/h3-4,7-8,11-17,23,25,27,30,44H,5-6,9-10,18-21,37H2,1-2H3,(H,38,46)(H,39,47)(H,40,41,42,43). The molecule has 246 valence electrons. The normalized spacial score (nSPS) is 17.4. The number of aromatic amines is 1. The zero-order valence-corrected chi connectivity index (χ0v) is 26.9. The van der Waals surface area contributed by atoms with Crippen molar-refractivity contribution in [3.8, 4) is 22.5 Å². The number of Topliss-reactive ketones (excluding diaryl/α,β-unsaturated/α-hetero) is 1. The van der Waals surface area contributed by atoms with E-state index in [1.807, 2.05) is 55.5 Å². The first-order chi connectivity index (χ1) is 22.7. The fourth-order valence-electron chi connectivity index (χ4n) is 6.20. The number of tetrazole rings is 1. The van der Waals surface area contributed by atoms with Gasteiger partial charge in [-0.05, 0) is 122 Å². The van der Waals surface area contributed by atoms with Crippen LogP contribution in [-0.2, 0) is 16.0 Å². The fourth-order valence-corrected chi connectivity index (χ4v) is 6.20. The molecule has 11 heteroatoms. The van der Waals surface area contributed by atoms with Gasteiger partial charge in [-0.15, -0.1) is 10.2 Å². The molecule has 2 atom stereocenters. The first kappa shape index (κ1) is 33.6. The zero-order valence-electron chi connectivity index (χ0n) is 26.9. The molecule has 0 aliphatic heterocycles. The van der Waals surface area contributed by atoms with Crippen LogP contribution in [0.3, 0.4) is 0 Å². The summed E-state index contributed by atoms with van der Waals surface area (Å²) in [4.78, 5) is 39.7. The van der Waals surface area contributed by atoms with Gasteiger partial charge in [0.2, 0.25) is 11.7 Å². The molecule has 1 aliphatic carbocycles. The monoisotopic (exact) mass is 637 g/mol. The molecule has 0 saturated heterocycles. The van der Waals surface area contributed by atoms with Gasteiger partial charge >= 0.3 is 0 Å². The Balaban J connectivity index is 1.29. The second-order valence-electron chi connectivity index (χ2n) is 12.6. The molecule has 2 unspecified atom stereocenters. The van der Waals surface area contributed by atoms with Gasteiger partial charge in [-0.25, -0.2) is 0 Å². The number of nitrogens with zero attached hydrogens (tertiary/aromatic N) is 3. The number of carbonyl (C=O) groups is 3. The third-order valence-electron chi connectivity index (χ3n) is 9.10. The number of rotatable bonds is 13. The zero-order chi connectivity index (χ0) is 33.3. The molecule has 4 aromatic rings. The van der Waals surface area contributed by atoms with E-state index >= 15 is 0 Å². The maximum Gasteiger partial charge on any atom is 0.251 e. The second-order valence-corrected chi connectivity index (χ2v) is 12.6. The minimum absolute atomic E-state index is 0.0374. The van der Waals surface area contributed by atoms with Gasteiger partial charge in [-0.1, -0.05) is 30.3 Å². The predicted octanol–water partition coefficient (Wildman–Crippen LogP) is 4.47. The number of ketones is 1. The first-order valence-corrected chi connectivity index (χ1v) is 16.2. The lowest BCUT2D eigenvalue weighted by Crippen LogP contribution is -2.35. The number of nitrogens with two attached hydrogens (primary N) is 1. The van der Waals surface area contributed by atoms with Crippen LogP contribution in [-0.4, -0.2) is 62.5 Å². The van der Waals surface area contributed by atoms with E-state index in [9.17, 15) is 19.5 Å². The van der Waals surface area contributed by atoms with E-state index in [1.165, 1.54) is 0 Å². The van der Waals surface area contributed by atoms with Crippen LogP contribution in [0.2, 0.25) is 0 Å². The highest BCUT2D eigenvalue weighted by atomic mass is 16.3. The SMILES string of the molecule is Cc1cc(C(=O)NC(C)CO)ccc1-c1ccc(CC(CC(=O)C2CCC(CN)CC2)C(=O)Nc2ccc(-c3nn[nH]n3)cc2)cc1. The van der Waals surface area contributed by atoms with E-state index < -0.39 is 5.92 Å². The van der Waals surface area contributed by atoms with Crippen molar-refractivity contribution < 1.29 is 19.5 Å². The van der Waals surface area contributed by atoms with Gasteiger partial charge in [0.25, 0.3) is 5.91 Å². The summed E-state index contributed by atoms with van der Waals surface area (Å²) < 4.78 is 0. The number of aryl methyl sites for hydroxylation is 1. The predicted molar refractivity (Wildman–Crippen MR) is 180 cm³/mol. The summed E-state index contributed by atoms with van der Waals surface area (Å²) in [6, 6.07) is 20.4. The number of aromatic nitrogens is 4. The third kappa shape index (κ3) is 8.75. The van der Waals surface area contributed by atoms with Crippen molar-refractivity contribution in [2.75, 3.05) is 18.5 Å². The van der Waals surface area contributed by atoms with Crippen LogP contribution >= 0.6 is 0 Å². The van der Waals surface area contributed by atoms with E-state index in [0.29, 0.717) is 36.0 Å². The molecule has 1 aromatic heterocycles. The van der Waals surface area contributed by atoms with Crippen molar-refractivity contribution in [1.82, 2.24) is 25.9 Å². The molecule has 2 amide bonds. The topological polar surface area (TPSA) is 176 Å². The molecule has 3 aromatic carbocycles. The largest absolute Gasteiger partial charge is 0.394 e. The van der Waals surface area contributed by atoms with E-state index in [-0.39, 0.29) is 42.6 Å². The number of carbonyl (C=O) groups excluding carboxylic acids is 3. The highest BCUT2D eigenvalue weighted by molar-refractivity contribution is 5.96. The van der Waals surface area contributed by atoms with Gasteiger partial charge in [-0.3, -0.25) is 14.4 Å². The Morgan fingerprint density at radius 2 is 1.68 bits per heavy atom. The Morgan fingerprint density at radius 3 is 2.30 bits per heavy atom. The molecule has 47 heavy (non-hydrogen) atoms. The third-order valence-corrected chi connectivity index (χ3v) is 9.10. The molecule has 1 fully saturated rings. The fraction of sp³-hybridized carbons (Fsp3) is 0.389. The van der Waals surface area contributed by atoms with Gasteiger partial charge in [0.15, 0.2) is 0 Å². The maximum atomic E-state index is 13.7. The Hall–Kier alpha value is -4.74. The molecule has 5 rings (SSSR count). The summed E-state index contributed by atoms with van der Waals surface area (Å²) in [6.45, 7) is 4.22. The Kier molecular flexibility index (Phi) is 11.2. The number of hydrogen-bond acceptors (Lipinski definition) is 8. The molecule has 0 bridgehead atoms. The van der Waals surface area contributed by atoms with Crippen molar-refractivity contribution in [3.05, 3.63) is 83.4 Å². The molecular weight excluding hydrogens is 594 g/mol. The van der Waals surface area contributed by atoms with Gasteiger partial charge in [0.05, 0.1) is 6.61 Å². The summed E-state index contributed by atoms with van der Waals surface area (Å²) in [6.07, 6.45) is 4.13. The van der Waals surface area contributed by atoms with Gasteiger partial charge in [0.1, 0.15) is 5.78 Å². The highest BCUT2D eigenvalue weighted by Gasteiger charge is 2.30. The summed E-state index contributed by atoms with van der Waals surface area (Å²) in [5.41, 5.74) is 11.7. The highest BCUT2D eigenvalue weighted by Crippen LogP contribution is 2.31. The van der Waals surface area contributed by atoms with Gasteiger partial charge in [-0.2, -0.15) is 5.21 Å². The van der Waals surface area contributed by atoms with Crippen molar-refractivity contribution in [1.29, 1.82) is 0 Å². The average Bonchev–Trinajstić information content (AvgIpc) is 3.64. The lowest BCUT2D eigenvalue weighted by Gasteiger charge is -2.27.